The molecule has 0 atom stereocenters. The molecule has 3 heterocycles. The van der Waals surface area contributed by atoms with Crippen molar-refractivity contribution in [2.24, 2.45) is 11.8 Å². The van der Waals surface area contributed by atoms with Crippen molar-refractivity contribution in [3.8, 4) is 0 Å². The number of carbonyl (C=O) groups excluding carboxylic acids is 1. The highest BCUT2D eigenvalue weighted by Crippen LogP contribution is 2.30. The highest BCUT2D eigenvalue weighted by molar-refractivity contribution is 6.33. The molecular weight excluding hydrogens is 448 g/mol. The summed E-state index contributed by atoms with van der Waals surface area (Å²) in [5.74, 6) is 3.00. The number of halogens is 1. The second-order valence-electron chi connectivity index (χ2n) is 9.74. The lowest BCUT2D eigenvalue weighted by Gasteiger charge is -2.29. The number of nitrogens with one attached hydrogen (secondary N) is 2. The number of hydrogen-bond donors (Lipinski definition) is 2. The van der Waals surface area contributed by atoms with Crippen LogP contribution < -0.4 is 10.6 Å². The molecule has 8 heteroatoms. The van der Waals surface area contributed by atoms with Gasteiger partial charge in [0.15, 0.2) is 5.15 Å². The van der Waals surface area contributed by atoms with Crippen LogP contribution in [0.2, 0.25) is 5.15 Å². The fourth-order valence-corrected chi connectivity index (χ4v) is 5.11. The monoisotopic (exact) mass is 478 g/mol. The third-order valence-corrected chi connectivity index (χ3v) is 7.44. The first-order valence-electron chi connectivity index (χ1n) is 12.4. The topological polar surface area (TPSA) is 92.7 Å². The van der Waals surface area contributed by atoms with Crippen LogP contribution in [-0.4, -0.2) is 38.3 Å². The highest BCUT2D eigenvalue weighted by atomic mass is 35.5. The second kappa shape index (κ2) is 10.6. The average Bonchev–Trinajstić information content (AvgIpc) is 2.82. The van der Waals surface area contributed by atoms with Crippen molar-refractivity contribution in [2.45, 2.75) is 63.8 Å². The molecule has 2 N–H and O–H groups in total. The number of nitrogens with zero attached hydrogens (tertiary/aromatic N) is 4. The molecule has 0 saturated heterocycles. The Labute approximate surface area is 205 Å². The minimum absolute atomic E-state index is 0.304. The maximum Gasteiger partial charge on any atom is 0.222 e. The number of rotatable bonds is 9. The van der Waals surface area contributed by atoms with E-state index < -0.39 is 0 Å². The van der Waals surface area contributed by atoms with Crippen molar-refractivity contribution in [2.75, 3.05) is 17.2 Å². The molecule has 34 heavy (non-hydrogen) atoms. The number of Topliss-reactive ketones (excluding diaryl/α,β-unsaturated/α-hetero) is 1. The third kappa shape index (κ3) is 5.81. The van der Waals surface area contributed by atoms with Gasteiger partial charge < -0.3 is 10.6 Å². The number of hydrogen-bond acceptors (Lipinski definition) is 7. The summed E-state index contributed by atoms with van der Waals surface area (Å²) in [6, 6.07) is 6.37. The van der Waals surface area contributed by atoms with Crippen LogP contribution in [0, 0.1) is 11.8 Å². The lowest BCUT2D eigenvalue weighted by molar-refractivity contribution is -0.119. The van der Waals surface area contributed by atoms with Crippen LogP contribution in [0.15, 0.2) is 36.8 Å². The largest absolute Gasteiger partial charge is 0.367 e. The van der Waals surface area contributed by atoms with E-state index in [1.165, 1.54) is 19.3 Å². The van der Waals surface area contributed by atoms with Gasteiger partial charge in [-0.05, 0) is 61.3 Å². The van der Waals surface area contributed by atoms with E-state index in [0.717, 1.165) is 54.5 Å². The first-order valence-corrected chi connectivity index (χ1v) is 12.7. The van der Waals surface area contributed by atoms with Gasteiger partial charge in [-0.3, -0.25) is 4.79 Å². The van der Waals surface area contributed by atoms with E-state index in [4.69, 9.17) is 11.6 Å². The fraction of sp³-hybridized carbons (Fsp3) is 0.500. The predicted octanol–water partition coefficient (Wildman–Crippen LogP) is 5.46. The Balaban J connectivity index is 1.05. The standard InChI is InChI=1S/C26H31ClN6O/c27-25-24-20(10-11-28-25)6-9-23(33-24)32-21-7-4-18(5-8-21)14-29-26-30-15-19(16-31-26)13-22(34)12-17-2-1-3-17/h6,9-11,15-18,21H,1-5,7-8,12-14H2,(H,32,33)(H,29,30,31). The number of aromatic nitrogens is 4. The molecule has 0 spiro atoms. The smallest absolute Gasteiger partial charge is 0.222 e. The van der Waals surface area contributed by atoms with Crippen molar-refractivity contribution in [3.05, 3.63) is 47.5 Å². The summed E-state index contributed by atoms with van der Waals surface area (Å²) < 4.78 is 0. The SMILES string of the molecule is O=C(Cc1cnc(NCC2CCC(Nc3ccc4ccnc(Cl)c4n3)CC2)nc1)CC1CCC1. The van der Waals surface area contributed by atoms with Gasteiger partial charge >= 0.3 is 0 Å². The maximum atomic E-state index is 12.2. The van der Waals surface area contributed by atoms with Crippen molar-refractivity contribution in [1.29, 1.82) is 0 Å². The Morgan fingerprint density at radius 1 is 0.971 bits per heavy atom. The molecule has 7 nitrogen and oxygen atoms in total. The number of fused-ring (bicyclic) bond motifs is 1. The summed E-state index contributed by atoms with van der Waals surface area (Å²) in [4.78, 5) is 29.8. The summed E-state index contributed by atoms with van der Waals surface area (Å²) in [5, 5.41) is 8.37. The molecule has 0 aliphatic heterocycles. The van der Waals surface area contributed by atoms with Gasteiger partial charge in [-0.2, -0.15) is 0 Å². The quantitative estimate of drug-likeness (QED) is 0.394. The molecule has 0 amide bonds. The molecule has 178 valence electrons. The van der Waals surface area contributed by atoms with E-state index in [2.05, 4.69) is 30.6 Å². The van der Waals surface area contributed by atoms with Crippen LogP contribution >= 0.6 is 11.6 Å². The third-order valence-electron chi connectivity index (χ3n) is 7.16. The Morgan fingerprint density at radius 2 is 1.76 bits per heavy atom. The predicted molar refractivity (Wildman–Crippen MR) is 135 cm³/mol. The van der Waals surface area contributed by atoms with E-state index in [0.29, 0.717) is 47.6 Å². The van der Waals surface area contributed by atoms with Gasteiger partial charge in [-0.15, -0.1) is 0 Å². The number of pyridine rings is 2. The number of carbonyl (C=O) groups is 1. The highest BCUT2D eigenvalue weighted by Gasteiger charge is 2.22. The molecule has 2 aliphatic rings. The molecule has 0 aromatic carbocycles. The van der Waals surface area contributed by atoms with Crippen molar-refractivity contribution in [3.63, 3.8) is 0 Å². The van der Waals surface area contributed by atoms with E-state index in [-0.39, 0.29) is 0 Å². The van der Waals surface area contributed by atoms with Crippen LogP contribution in [0.5, 0.6) is 0 Å². The zero-order valence-corrected chi connectivity index (χ0v) is 20.1. The molecule has 3 aromatic rings. The van der Waals surface area contributed by atoms with Gasteiger partial charge in [0.05, 0.1) is 0 Å². The molecule has 2 aliphatic carbocycles. The maximum absolute atomic E-state index is 12.2. The van der Waals surface area contributed by atoms with E-state index >= 15 is 0 Å². The fourth-order valence-electron chi connectivity index (χ4n) is 4.91. The molecule has 0 radical (unpaired) electrons. The van der Waals surface area contributed by atoms with Crippen molar-refractivity contribution in [1.82, 2.24) is 19.9 Å². The van der Waals surface area contributed by atoms with E-state index in [1.54, 1.807) is 18.6 Å². The molecule has 0 unspecified atom stereocenters. The minimum Gasteiger partial charge on any atom is -0.367 e. The zero-order chi connectivity index (χ0) is 23.3. The second-order valence-corrected chi connectivity index (χ2v) is 10.1. The van der Waals surface area contributed by atoms with Gasteiger partial charge in [-0.25, -0.2) is 19.9 Å². The normalized spacial score (nSPS) is 20.6. The Bertz CT molecular complexity index is 1130. The first kappa shape index (κ1) is 23.0. The summed E-state index contributed by atoms with van der Waals surface area (Å²) in [6.45, 7) is 0.863. The van der Waals surface area contributed by atoms with Gasteiger partial charge in [0.2, 0.25) is 5.95 Å². The number of anilines is 2. The van der Waals surface area contributed by atoms with Gasteiger partial charge in [-0.1, -0.05) is 30.9 Å². The number of ketones is 1. The summed E-state index contributed by atoms with van der Waals surface area (Å²) in [5.41, 5.74) is 1.64. The Hall–Kier alpha value is -2.80. The molecule has 2 fully saturated rings. The van der Waals surface area contributed by atoms with E-state index in [9.17, 15) is 4.79 Å². The summed E-state index contributed by atoms with van der Waals surface area (Å²) in [6.07, 6.45) is 14.6. The molecule has 3 aromatic heterocycles. The van der Waals surface area contributed by atoms with Gasteiger partial charge in [0.1, 0.15) is 17.1 Å². The van der Waals surface area contributed by atoms with E-state index in [1.807, 2.05) is 18.2 Å². The van der Waals surface area contributed by atoms with Gasteiger partial charge in [0.25, 0.3) is 0 Å². The van der Waals surface area contributed by atoms with Crippen molar-refractivity contribution >= 4 is 40.1 Å². The minimum atomic E-state index is 0.304. The molecule has 0 bridgehead atoms. The van der Waals surface area contributed by atoms with Crippen LogP contribution in [0.1, 0.15) is 56.9 Å². The van der Waals surface area contributed by atoms with Crippen molar-refractivity contribution < 1.29 is 4.79 Å². The van der Waals surface area contributed by atoms with Crippen LogP contribution in [0.25, 0.3) is 10.9 Å². The summed E-state index contributed by atoms with van der Waals surface area (Å²) >= 11 is 6.20. The van der Waals surface area contributed by atoms with Crippen LogP contribution in [0.3, 0.4) is 0 Å². The molecule has 2 saturated carbocycles. The molecule has 5 rings (SSSR count). The Morgan fingerprint density at radius 3 is 2.50 bits per heavy atom. The molecular formula is C26H31ClN6O. The first-order chi connectivity index (χ1) is 16.6. The van der Waals surface area contributed by atoms with Crippen LogP contribution in [0.4, 0.5) is 11.8 Å². The average molecular weight is 479 g/mol. The zero-order valence-electron chi connectivity index (χ0n) is 19.3. The van der Waals surface area contributed by atoms with Crippen LogP contribution in [-0.2, 0) is 11.2 Å². The lowest BCUT2D eigenvalue weighted by atomic mass is 9.81. The summed E-state index contributed by atoms with van der Waals surface area (Å²) in [7, 11) is 0. The lowest BCUT2D eigenvalue weighted by Crippen LogP contribution is -2.29. The Kier molecular flexibility index (Phi) is 7.19. The van der Waals surface area contributed by atoms with Gasteiger partial charge in [0, 0.05) is 49.4 Å².